The number of carbonyl (C=O) groups excluding carboxylic acids is 1. The molecule has 2 N–H and O–H groups in total. The Hall–Kier alpha value is -2.06. The average Bonchev–Trinajstić information content (AvgIpc) is 2.27. The maximum absolute atomic E-state index is 11.2. The molecule has 5 heteroatoms. The number of carbonyl (C=O) groups is 1. The largest absolute Gasteiger partial charge is 0.508 e. The van der Waals surface area contributed by atoms with E-state index < -0.39 is 12.6 Å². The summed E-state index contributed by atoms with van der Waals surface area (Å²) in [5, 5.41) is 27.1. The van der Waals surface area contributed by atoms with Gasteiger partial charge in [-0.05, 0) is 12.1 Å². The Morgan fingerprint density at radius 3 is 2.73 bits per heavy atom. The van der Waals surface area contributed by atoms with E-state index in [1.165, 1.54) is 19.2 Å². The van der Waals surface area contributed by atoms with Crippen LogP contribution in [0.15, 0.2) is 12.1 Å². The highest BCUT2D eigenvalue weighted by molar-refractivity contribution is 5.93. The molecule has 0 aliphatic rings. The number of hydrogen-bond donors (Lipinski definition) is 2. The molecule has 0 atom stereocenters. The van der Waals surface area contributed by atoms with Gasteiger partial charge in [0, 0.05) is 5.56 Å². The van der Waals surface area contributed by atoms with Crippen molar-refractivity contribution in [3.05, 3.63) is 28.8 Å². The number of rotatable bonds is 2. The fraction of sp³-hybridized carbons (Fsp3) is 0.200. The molecule has 0 fully saturated rings. The van der Waals surface area contributed by atoms with Crippen molar-refractivity contribution in [2.75, 3.05) is 7.11 Å². The highest BCUT2D eigenvalue weighted by Gasteiger charge is 2.17. The summed E-state index contributed by atoms with van der Waals surface area (Å²) >= 11 is 0. The molecule has 0 saturated carbocycles. The van der Waals surface area contributed by atoms with Crippen molar-refractivity contribution >= 4 is 5.97 Å². The van der Waals surface area contributed by atoms with Crippen molar-refractivity contribution in [1.29, 1.82) is 5.26 Å². The quantitative estimate of drug-likeness (QED) is 0.691. The fourth-order valence-corrected chi connectivity index (χ4v) is 1.20. The van der Waals surface area contributed by atoms with Gasteiger partial charge in [-0.1, -0.05) is 0 Å². The van der Waals surface area contributed by atoms with Crippen LogP contribution in [-0.2, 0) is 11.3 Å². The molecule has 0 amide bonds. The van der Waals surface area contributed by atoms with Crippen molar-refractivity contribution in [3.63, 3.8) is 0 Å². The molecular weight excluding hydrogens is 198 g/mol. The third kappa shape index (κ3) is 1.90. The van der Waals surface area contributed by atoms with Gasteiger partial charge in [0.25, 0.3) is 0 Å². The van der Waals surface area contributed by atoms with Gasteiger partial charge in [-0.3, -0.25) is 0 Å². The molecule has 1 rings (SSSR count). The van der Waals surface area contributed by atoms with E-state index in [0.717, 1.165) is 0 Å². The van der Waals surface area contributed by atoms with Crippen LogP contribution in [0.4, 0.5) is 0 Å². The molecular formula is C10H9NO4. The lowest BCUT2D eigenvalue weighted by atomic mass is 10.0. The average molecular weight is 207 g/mol. The normalized spacial score (nSPS) is 9.40. The Morgan fingerprint density at radius 1 is 1.60 bits per heavy atom. The van der Waals surface area contributed by atoms with E-state index in [2.05, 4.69) is 4.74 Å². The number of aliphatic hydroxyl groups is 1. The molecule has 0 spiro atoms. The summed E-state index contributed by atoms with van der Waals surface area (Å²) in [6, 6.07) is 4.26. The molecule has 0 bridgehead atoms. The van der Waals surface area contributed by atoms with Gasteiger partial charge in [-0.25, -0.2) is 4.79 Å². The number of aliphatic hydroxyl groups excluding tert-OH is 1. The van der Waals surface area contributed by atoms with Crippen molar-refractivity contribution in [2.45, 2.75) is 6.61 Å². The molecule has 1 aromatic carbocycles. The maximum Gasteiger partial charge on any atom is 0.339 e. The van der Waals surface area contributed by atoms with Crippen LogP contribution in [0.25, 0.3) is 0 Å². The molecule has 0 aliphatic heterocycles. The van der Waals surface area contributed by atoms with Crippen LogP contribution in [0.3, 0.4) is 0 Å². The molecule has 0 radical (unpaired) electrons. The Labute approximate surface area is 86.1 Å². The Morgan fingerprint density at radius 2 is 2.27 bits per heavy atom. The van der Waals surface area contributed by atoms with Gasteiger partial charge in [-0.2, -0.15) is 5.26 Å². The zero-order valence-electron chi connectivity index (χ0n) is 8.02. The lowest BCUT2D eigenvalue weighted by Gasteiger charge is -2.07. The molecule has 0 aromatic heterocycles. The topological polar surface area (TPSA) is 90.6 Å². The van der Waals surface area contributed by atoms with Crippen LogP contribution in [0.2, 0.25) is 0 Å². The first-order valence-electron chi connectivity index (χ1n) is 4.09. The smallest absolute Gasteiger partial charge is 0.339 e. The number of hydrogen-bond acceptors (Lipinski definition) is 5. The standard InChI is InChI=1S/C10H9NO4/c1-15-10(14)6-2-3-9(13)8(5-12)7(6)4-11/h2-3,12-13H,5H2,1H3. The van der Waals surface area contributed by atoms with E-state index in [1.54, 1.807) is 6.07 Å². The van der Waals surface area contributed by atoms with E-state index in [1.807, 2.05) is 0 Å². The van der Waals surface area contributed by atoms with Crippen molar-refractivity contribution in [1.82, 2.24) is 0 Å². The van der Waals surface area contributed by atoms with Gasteiger partial charge in [0.15, 0.2) is 0 Å². The fourth-order valence-electron chi connectivity index (χ4n) is 1.20. The number of nitrogens with zero attached hydrogens (tertiary/aromatic N) is 1. The number of phenols is 1. The summed E-state index contributed by atoms with van der Waals surface area (Å²) in [5.41, 5.74) is -0.00778. The summed E-state index contributed by atoms with van der Waals surface area (Å²) in [7, 11) is 1.19. The Kier molecular flexibility index (Phi) is 3.26. The van der Waals surface area contributed by atoms with Crippen molar-refractivity contribution < 1.29 is 19.7 Å². The minimum absolute atomic E-state index is 0.0281. The third-order valence-corrected chi connectivity index (χ3v) is 1.96. The predicted molar refractivity (Wildman–Crippen MR) is 50.1 cm³/mol. The minimum atomic E-state index is -0.679. The summed E-state index contributed by atoms with van der Waals surface area (Å²) < 4.78 is 4.46. The third-order valence-electron chi connectivity index (χ3n) is 1.96. The van der Waals surface area contributed by atoms with E-state index >= 15 is 0 Å². The minimum Gasteiger partial charge on any atom is -0.508 e. The zero-order valence-corrected chi connectivity index (χ0v) is 8.02. The van der Waals surface area contributed by atoms with Gasteiger partial charge in [0.05, 0.1) is 24.8 Å². The zero-order chi connectivity index (χ0) is 11.4. The summed E-state index contributed by atoms with van der Waals surface area (Å²) in [4.78, 5) is 11.2. The molecule has 0 aliphatic carbocycles. The second-order valence-corrected chi connectivity index (χ2v) is 2.75. The number of esters is 1. The van der Waals surface area contributed by atoms with E-state index in [9.17, 15) is 9.90 Å². The van der Waals surface area contributed by atoms with E-state index in [4.69, 9.17) is 10.4 Å². The van der Waals surface area contributed by atoms with Crippen LogP contribution in [0.1, 0.15) is 21.5 Å². The molecule has 15 heavy (non-hydrogen) atoms. The van der Waals surface area contributed by atoms with Crippen LogP contribution in [-0.4, -0.2) is 23.3 Å². The second-order valence-electron chi connectivity index (χ2n) is 2.75. The first-order chi connectivity index (χ1) is 7.15. The highest BCUT2D eigenvalue weighted by Crippen LogP contribution is 2.24. The Balaban J connectivity index is 3.43. The lowest BCUT2D eigenvalue weighted by Crippen LogP contribution is -2.06. The van der Waals surface area contributed by atoms with Crippen LogP contribution >= 0.6 is 0 Å². The summed E-state index contributed by atoms with van der Waals surface area (Å²) in [6.07, 6.45) is 0. The first kappa shape index (κ1) is 11.0. The number of aromatic hydroxyl groups is 1. The molecule has 5 nitrogen and oxygen atoms in total. The number of ether oxygens (including phenoxy) is 1. The molecule has 0 unspecified atom stereocenters. The number of benzene rings is 1. The van der Waals surface area contributed by atoms with E-state index in [0.29, 0.717) is 0 Å². The molecule has 0 saturated heterocycles. The van der Waals surface area contributed by atoms with Gasteiger partial charge < -0.3 is 14.9 Å². The van der Waals surface area contributed by atoms with Crippen LogP contribution < -0.4 is 0 Å². The monoisotopic (exact) mass is 207 g/mol. The first-order valence-corrected chi connectivity index (χ1v) is 4.09. The Bertz CT molecular complexity index is 434. The van der Waals surface area contributed by atoms with Crippen LogP contribution in [0, 0.1) is 11.3 Å². The lowest BCUT2D eigenvalue weighted by molar-refractivity contribution is 0.0600. The second kappa shape index (κ2) is 4.44. The van der Waals surface area contributed by atoms with E-state index in [-0.39, 0.29) is 22.4 Å². The van der Waals surface area contributed by atoms with Gasteiger partial charge in [0.1, 0.15) is 11.8 Å². The SMILES string of the molecule is COC(=O)c1ccc(O)c(CO)c1C#N. The predicted octanol–water partition coefficient (Wildman–Crippen LogP) is 0.543. The van der Waals surface area contributed by atoms with Gasteiger partial charge >= 0.3 is 5.97 Å². The highest BCUT2D eigenvalue weighted by atomic mass is 16.5. The van der Waals surface area contributed by atoms with Gasteiger partial charge in [0.2, 0.25) is 0 Å². The number of nitriles is 1. The molecule has 78 valence electrons. The van der Waals surface area contributed by atoms with Crippen molar-refractivity contribution in [2.24, 2.45) is 0 Å². The van der Waals surface area contributed by atoms with Crippen molar-refractivity contribution in [3.8, 4) is 11.8 Å². The molecule has 0 heterocycles. The van der Waals surface area contributed by atoms with Crippen LogP contribution in [0.5, 0.6) is 5.75 Å². The summed E-state index contributed by atoms with van der Waals surface area (Å²) in [5.74, 6) is -0.900. The van der Waals surface area contributed by atoms with Gasteiger partial charge in [-0.15, -0.1) is 0 Å². The maximum atomic E-state index is 11.2. The molecule has 1 aromatic rings. The number of methoxy groups -OCH3 is 1. The summed E-state index contributed by atoms with van der Waals surface area (Å²) in [6.45, 7) is -0.514.